The van der Waals surface area contributed by atoms with E-state index < -0.39 is 0 Å². The predicted octanol–water partition coefficient (Wildman–Crippen LogP) is 3.62. The van der Waals surface area contributed by atoms with Crippen LogP contribution in [0.15, 0.2) is 72.9 Å². The third-order valence-electron chi connectivity index (χ3n) is 4.56. The van der Waals surface area contributed by atoms with E-state index >= 15 is 0 Å². The van der Waals surface area contributed by atoms with Crippen molar-refractivity contribution in [1.29, 1.82) is 0 Å². The number of hydrogen-bond donors (Lipinski definition) is 2. The number of ether oxygens (including phenoxy) is 1. The van der Waals surface area contributed by atoms with Gasteiger partial charge >= 0.3 is 0 Å². The van der Waals surface area contributed by atoms with Gasteiger partial charge in [-0.05, 0) is 43.4 Å². The van der Waals surface area contributed by atoms with E-state index in [4.69, 9.17) is 4.74 Å². The van der Waals surface area contributed by atoms with Gasteiger partial charge in [-0.25, -0.2) is 4.68 Å². The van der Waals surface area contributed by atoms with Gasteiger partial charge in [0.1, 0.15) is 5.75 Å². The normalized spacial score (nSPS) is 10.9. The van der Waals surface area contributed by atoms with Gasteiger partial charge in [0, 0.05) is 18.8 Å². The lowest BCUT2D eigenvalue weighted by atomic mass is 10.1. The second-order valence-electron chi connectivity index (χ2n) is 7.37. The van der Waals surface area contributed by atoms with Crippen LogP contribution >= 0.6 is 0 Å². The first-order valence-electron chi connectivity index (χ1n) is 9.89. The molecule has 0 fully saturated rings. The zero-order valence-electron chi connectivity index (χ0n) is 17.4. The number of anilines is 1. The van der Waals surface area contributed by atoms with Crippen LogP contribution in [0.4, 0.5) is 5.82 Å². The third kappa shape index (κ3) is 5.37. The molecule has 0 unspecified atom stereocenters. The molecule has 0 aliphatic rings. The lowest BCUT2D eigenvalue weighted by Crippen LogP contribution is -2.14. The molecular weight excluding hydrogens is 392 g/mol. The van der Waals surface area contributed by atoms with Gasteiger partial charge in [-0.15, -0.1) is 0 Å². The lowest BCUT2D eigenvalue weighted by Gasteiger charge is -2.07. The van der Waals surface area contributed by atoms with Crippen LogP contribution in [0, 0.1) is 0 Å². The van der Waals surface area contributed by atoms with Crippen molar-refractivity contribution >= 4 is 11.7 Å². The van der Waals surface area contributed by atoms with E-state index in [0.717, 1.165) is 22.6 Å². The van der Waals surface area contributed by atoms with Crippen molar-refractivity contribution in [1.82, 2.24) is 24.9 Å². The first-order valence-corrected chi connectivity index (χ1v) is 9.89. The molecule has 2 heterocycles. The zero-order chi connectivity index (χ0) is 21.6. The molecule has 0 saturated carbocycles. The molecule has 2 aromatic heterocycles. The minimum Gasteiger partial charge on any atom is -0.471 e. The fourth-order valence-electron chi connectivity index (χ4n) is 3.10. The Morgan fingerprint density at radius 3 is 2.55 bits per heavy atom. The Morgan fingerprint density at radius 1 is 1.06 bits per heavy atom. The molecule has 4 rings (SSSR count). The minimum atomic E-state index is -0.325. The van der Waals surface area contributed by atoms with Crippen LogP contribution in [-0.4, -0.2) is 44.9 Å². The summed E-state index contributed by atoms with van der Waals surface area (Å²) in [5.41, 5.74) is 3.48. The maximum absolute atomic E-state index is 12.4. The van der Waals surface area contributed by atoms with Crippen molar-refractivity contribution < 1.29 is 9.53 Å². The maximum atomic E-state index is 12.4. The number of carbonyl (C=O) groups is 1. The summed E-state index contributed by atoms with van der Waals surface area (Å²) in [4.78, 5) is 14.4. The molecule has 1 amide bonds. The number of nitrogens with zero attached hydrogens (tertiary/aromatic N) is 4. The second kappa shape index (κ2) is 9.27. The van der Waals surface area contributed by atoms with Gasteiger partial charge in [-0.3, -0.25) is 9.89 Å². The van der Waals surface area contributed by atoms with Crippen LogP contribution in [0.3, 0.4) is 0 Å². The molecule has 31 heavy (non-hydrogen) atoms. The number of carbonyl (C=O) groups excluding carboxylic acids is 1. The van der Waals surface area contributed by atoms with Crippen LogP contribution in [0.25, 0.3) is 11.1 Å². The molecule has 0 spiro atoms. The zero-order valence-corrected chi connectivity index (χ0v) is 17.4. The van der Waals surface area contributed by atoms with Crippen molar-refractivity contribution in [2.24, 2.45) is 0 Å². The van der Waals surface area contributed by atoms with E-state index in [1.54, 1.807) is 23.0 Å². The Bertz CT molecular complexity index is 1130. The summed E-state index contributed by atoms with van der Waals surface area (Å²) in [5.74, 6) is 0.867. The summed E-state index contributed by atoms with van der Waals surface area (Å²) >= 11 is 0. The maximum Gasteiger partial charge on any atom is 0.277 e. The van der Waals surface area contributed by atoms with E-state index in [9.17, 15) is 4.79 Å². The van der Waals surface area contributed by atoms with Gasteiger partial charge in [0.15, 0.2) is 18.2 Å². The monoisotopic (exact) mass is 416 g/mol. The van der Waals surface area contributed by atoms with Crippen molar-refractivity contribution in [3.8, 4) is 16.9 Å². The molecule has 0 aliphatic heterocycles. The van der Waals surface area contributed by atoms with Crippen molar-refractivity contribution in [3.63, 3.8) is 0 Å². The number of nitrogens with one attached hydrogen (secondary N) is 2. The topological polar surface area (TPSA) is 88.1 Å². The highest BCUT2D eigenvalue weighted by Gasteiger charge is 2.12. The van der Waals surface area contributed by atoms with E-state index in [-0.39, 0.29) is 12.6 Å². The summed E-state index contributed by atoms with van der Waals surface area (Å²) in [6, 6.07) is 21.5. The SMILES string of the molecule is CN(C)Cc1cc(NC(=O)c2ccn(COc3ccc(-c4ccccc4)cc3)n2)n[nH]1. The molecule has 2 aromatic carbocycles. The largest absolute Gasteiger partial charge is 0.471 e. The van der Waals surface area contributed by atoms with Crippen LogP contribution in [0.2, 0.25) is 0 Å². The first kappa shape index (κ1) is 20.4. The lowest BCUT2D eigenvalue weighted by molar-refractivity contribution is 0.102. The Labute approximate surface area is 180 Å². The molecule has 0 atom stereocenters. The predicted molar refractivity (Wildman–Crippen MR) is 119 cm³/mol. The molecule has 0 bridgehead atoms. The van der Waals surface area contributed by atoms with Gasteiger partial charge in [0.2, 0.25) is 0 Å². The van der Waals surface area contributed by atoms with E-state index in [0.29, 0.717) is 18.1 Å². The number of amides is 1. The second-order valence-corrected chi connectivity index (χ2v) is 7.37. The molecule has 8 heteroatoms. The Balaban J connectivity index is 1.31. The third-order valence-corrected chi connectivity index (χ3v) is 4.56. The van der Waals surface area contributed by atoms with Crippen molar-refractivity contribution in [2.45, 2.75) is 13.3 Å². The molecule has 0 saturated heterocycles. The molecule has 158 valence electrons. The molecule has 8 nitrogen and oxygen atoms in total. The average molecular weight is 416 g/mol. The standard InChI is InChI=1S/C23H24N6O2/c1-28(2)15-19-14-22(26-25-19)24-23(30)21-12-13-29(27-21)16-31-20-10-8-18(9-11-20)17-6-4-3-5-7-17/h3-14H,15-16H2,1-2H3,(H2,24,25,26,30). The van der Waals surface area contributed by atoms with Crippen LogP contribution in [0.1, 0.15) is 16.2 Å². The first-order chi connectivity index (χ1) is 15.1. The summed E-state index contributed by atoms with van der Waals surface area (Å²) in [7, 11) is 3.93. The summed E-state index contributed by atoms with van der Waals surface area (Å²) in [6.45, 7) is 0.911. The highest BCUT2D eigenvalue weighted by Crippen LogP contribution is 2.22. The summed E-state index contributed by atoms with van der Waals surface area (Å²) < 4.78 is 7.35. The van der Waals surface area contributed by atoms with E-state index in [1.165, 1.54) is 0 Å². The van der Waals surface area contributed by atoms with E-state index in [1.807, 2.05) is 61.5 Å². The summed E-state index contributed by atoms with van der Waals surface area (Å²) in [6.07, 6.45) is 1.70. The highest BCUT2D eigenvalue weighted by atomic mass is 16.5. The highest BCUT2D eigenvalue weighted by molar-refractivity contribution is 6.02. The smallest absolute Gasteiger partial charge is 0.277 e. The minimum absolute atomic E-state index is 0.202. The fraction of sp³-hybridized carbons (Fsp3) is 0.174. The van der Waals surface area contributed by atoms with Crippen LogP contribution < -0.4 is 10.1 Å². The fourth-order valence-corrected chi connectivity index (χ4v) is 3.10. The average Bonchev–Trinajstić information content (AvgIpc) is 3.42. The summed E-state index contributed by atoms with van der Waals surface area (Å²) in [5, 5.41) is 14.0. The number of rotatable bonds is 8. The van der Waals surface area contributed by atoms with E-state index in [2.05, 4.69) is 32.7 Å². The number of hydrogen-bond acceptors (Lipinski definition) is 5. The number of H-pyrrole nitrogens is 1. The van der Waals surface area contributed by atoms with Gasteiger partial charge < -0.3 is 15.0 Å². The van der Waals surface area contributed by atoms with Gasteiger partial charge in [0.05, 0.1) is 5.69 Å². The molecule has 0 radical (unpaired) electrons. The number of aromatic amines is 1. The van der Waals surface area contributed by atoms with Gasteiger partial charge in [-0.1, -0.05) is 42.5 Å². The van der Waals surface area contributed by atoms with Crippen molar-refractivity contribution in [2.75, 3.05) is 19.4 Å². The van der Waals surface area contributed by atoms with Gasteiger partial charge in [-0.2, -0.15) is 10.2 Å². The molecular formula is C23H24N6O2. The Morgan fingerprint density at radius 2 is 1.81 bits per heavy atom. The van der Waals surface area contributed by atoms with Crippen molar-refractivity contribution in [3.05, 3.63) is 84.3 Å². The number of benzene rings is 2. The Hall–Kier alpha value is -3.91. The van der Waals surface area contributed by atoms with Gasteiger partial charge in [0.25, 0.3) is 5.91 Å². The molecule has 0 aliphatic carbocycles. The number of aromatic nitrogens is 4. The van der Waals surface area contributed by atoms with Crippen LogP contribution in [0.5, 0.6) is 5.75 Å². The Kier molecular flexibility index (Phi) is 6.09. The molecule has 4 aromatic rings. The quantitative estimate of drug-likeness (QED) is 0.458. The van der Waals surface area contributed by atoms with Crippen LogP contribution in [-0.2, 0) is 13.3 Å². The molecule has 2 N–H and O–H groups in total.